The number of benzene rings is 1. The predicted molar refractivity (Wildman–Crippen MR) is 70.6 cm³/mol. The Labute approximate surface area is 112 Å². The molecule has 0 radical (unpaired) electrons. The normalized spacial score (nSPS) is 11.7. The van der Waals surface area contributed by atoms with E-state index in [1.54, 1.807) is 6.92 Å². The first-order chi connectivity index (χ1) is 9.08. The first-order valence-electron chi connectivity index (χ1n) is 6.24. The van der Waals surface area contributed by atoms with Gasteiger partial charge in [-0.3, -0.25) is 14.4 Å². The van der Waals surface area contributed by atoms with Gasteiger partial charge in [0.05, 0.1) is 7.11 Å². The fraction of sp³-hybridized carbons (Fsp3) is 0.400. The molecule has 0 saturated heterocycles. The Morgan fingerprint density at radius 2 is 1.79 bits per heavy atom. The molecule has 4 nitrogen and oxygen atoms in total. The number of ether oxygens (including phenoxy) is 1. The second-order valence-corrected chi connectivity index (χ2v) is 4.30. The minimum atomic E-state index is -0.988. The number of rotatable bonds is 7. The van der Waals surface area contributed by atoms with E-state index >= 15 is 0 Å². The molecule has 4 heteroatoms. The van der Waals surface area contributed by atoms with Crippen molar-refractivity contribution in [2.24, 2.45) is 5.92 Å². The fourth-order valence-electron chi connectivity index (χ4n) is 1.76. The lowest BCUT2D eigenvalue weighted by Crippen LogP contribution is -2.29. The first-order valence-corrected chi connectivity index (χ1v) is 6.24. The fourth-order valence-corrected chi connectivity index (χ4v) is 1.76. The van der Waals surface area contributed by atoms with Gasteiger partial charge in [0.15, 0.2) is 5.78 Å². The van der Waals surface area contributed by atoms with Gasteiger partial charge in [-0.1, -0.05) is 37.3 Å². The Bertz CT molecular complexity index is 450. The molecule has 1 aromatic rings. The molecular weight excluding hydrogens is 244 g/mol. The van der Waals surface area contributed by atoms with Crippen LogP contribution in [-0.2, 0) is 25.5 Å². The largest absolute Gasteiger partial charge is 0.468 e. The number of hydrogen-bond donors (Lipinski definition) is 0. The molecule has 0 fully saturated rings. The van der Waals surface area contributed by atoms with E-state index in [1.165, 1.54) is 7.11 Å². The third-order valence-corrected chi connectivity index (χ3v) is 2.92. The van der Waals surface area contributed by atoms with E-state index < -0.39 is 11.9 Å². The molecule has 0 spiro atoms. The van der Waals surface area contributed by atoms with Gasteiger partial charge in [0, 0.05) is 19.3 Å². The standard InChI is InChI=1S/C15H18O4/c1-3-12(16)10-13(15(18)19-2)14(17)9-11-7-5-4-6-8-11/h4-8,13H,3,9-10H2,1-2H3. The Balaban J connectivity index is 2.77. The van der Waals surface area contributed by atoms with Crippen LogP contribution in [0.15, 0.2) is 30.3 Å². The number of methoxy groups -OCH3 is 1. The molecule has 0 amide bonds. The second-order valence-electron chi connectivity index (χ2n) is 4.30. The van der Waals surface area contributed by atoms with Crippen molar-refractivity contribution >= 4 is 17.5 Å². The van der Waals surface area contributed by atoms with E-state index in [-0.39, 0.29) is 24.4 Å². The van der Waals surface area contributed by atoms with E-state index in [2.05, 4.69) is 4.74 Å². The van der Waals surface area contributed by atoms with E-state index in [0.29, 0.717) is 6.42 Å². The number of hydrogen-bond acceptors (Lipinski definition) is 4. The van der Waals surface area contributed by atoms with Crippen molar-refractivity contribution in [2.45, 2.75) is 26.2 Å². The minimum absolute atomic E-state index is 0.0746. The minimum Gasteiger partial charge on any atom is -0.468 e. The molecule has 1 rings (SSSR count). The lowest BCUT2D eigenvalue weighted by Gasteiger charge is -2.12. The molecule has 102 valence electrons. The zero-order valence-electron chi connectivity index (χ0n) is 11.2. The summed E-state index contributed by atoms with van der Waals surface area (Å²) in [7, 11) is 1.22. The van der Waals surface area contributed by atoms with Gasteiger partial charge in [-0.05, 0) is 5.56 Å². The highest BCUT2D eigenvalue weighted by Gasteiger charge is 2.29. The zero-order valence-corrected chi connectivity index (χ0v) is 11.2. The Kier molecular flexibility index (Phi) is 5.93. The van der Waals surface area contributed by atoms with Crippen LogP contribution in [0.2, 0.25) is 0 Å². The maximum Gasteiger partial charge on any atom is 0.316 e. The van der Waals surface area contributed by atoms with Gasteiger partial charge in [-0.15, -0.1) is 0 Å². The molecule has 0 aliphatic rings. The summed E-state index contributed by atoms with van der Waals surface area (Å²) in [5.74, 6) is -2.02. The highest BCUT2D eigenvalue weighted by molar-refractivity contribution is 6.03. The van der Waals surface area contributed by atoms with E-state index in [4.69, 9.17) is 0 Å². The molecule has 0 saturated carbocycles. The average molecular weight is 262 g/mol. The van der Waals surface area contributed by atoms with Gasteiger partial charge >= 0.3 is 5.97 Å². The maximum absolute atomic E-state index is 12.1. The Hall–Kier alpha value is -1.97. The monoisotopic (exact) mass is 262 g/mol. The van der Waals surface area contributed by atoms with Gasteiger partial charge in [0.1, 0.15) is 11.7 Å². The molecule has 19 heavy (non-hydrogen) atoms. The van der Waals surface area contributed by atoms with Crippen LogP contribution < -0.4 is 0 Å². The number of ketones is 2. The number of esters is 1. The third-order valence-electron chi connectivity index (χ3n) is 2.92. The molecule has 1 atom stereocenters. The summed E-state index contributed by atoms with van der Waals surface area (Å²) in [6.07, 6.45) is 0.374. The smallest absolute Gasteiger partial charge is 0.316 e. The van der Waals surface area contributed by atoms with Crippen LogP contribution in [0.5, 0.6) is 0 Å². The lowest BCUT2D eigenvalue weighted by molar-refractivity contribution is -0.151. The van der Waals surface area contributed by atoms with Crippen molar-refractivity contribution in [1.82, 2.24) is 0 Å². The summed E-state index contributed by atoms with van der Waals surface area (Å²) in [4.78, 5) is 35.2. The average Bonchev–Trinajstić information content (AvgIpc) is 2.44. The maximum atomic E-state index is 12.1. The van der Waals surface area contributed by atoms with Gasteiger partial charge in [0.25, 0.3) is 0 Å². The molecule has 0 bridgehead atoms. The van der Waals surface area contributed by atoms with Crippen LogP contribution in [0, 0.1) is 5.92 Å². The van der Waals surface area contributed by atoms with Crippen molar-refractivity contribution < 1.29 is 19.1 Å². The van der Waals surface area contributed by atoms with E-state index in [1.807, 2.05) is 30.3 Å². The summed E-state index contributed by atoms with van der Waals surface area (Å²) < 4.78 is 4.60. The number of carbonyl (C=O) groups is 3. The van der Waals surface area contributed by atoms with Gasteiger partial charge < -0.3 is 4.74 Å². The van der Waals surface area contributed by atoms with Crippen LogP contribution >= 0.6 is 0 Å². The summed E-state index contributed by atoms with van der Waals surface area (Å²) in [5, 5.41) is 0. The van der Waals surface area contributed by atoms with Crippen molar-refractivity contribution in [3.63, 3.8) is 0 Å². The summed E-state index contributed by atoms with van der Waals surface area (Å²) in [5.41, 5.74) is 0.824. The summed E-state index contributed by atoms with van der Waals surface area (Å²) in [6.45, 7) is 1.71. The highest BCUT2D eigenvalue weighted by Crippen LogP contribution is 2.13. The molecule has 1 aromatic carbocycles. The zero-order chi connectivity index (χ0) is 14.3. The van der Waals surface area contributed by atoms with Crippen molar-refractivity contribution in [2.75, 3.05) is 7.11 Å². The molecular formula is C15H18O4. The van der Waals surface area contributed by atoms with Crippen molar-refractivity contribution in [3.8, 4) is 0 Å². The van der Waals surface area contributed by atoms with E-state index in [0.717, 1.165) is 5.56 Å². The Morgan fingerprint density at radius 1 is 1.16 bits per heavy atom. The lowest BCUT2D eigenvalue weighted by atomic mass is 9.92. The van der Waals surface area contributed by atoms with Crippen LogP contribution in [-0.4, -0.2) is 24.6 Å². The quantitative estimate of drug-likeness (QED) is 0.556. The molecule has 0 heterocycles. The molecule has 1 unspecified atom stereocenters. The van der Waals surface area contributed by atoms with Crippen molar-refractivity contribution in [3.05, 3.63) is 35.9 Å². The molecule has 0 N–H and O–H groups in total. The molecule has 0 aromatic heterocycles. The summed E-state index contributed by atoms with van der Waals surface area (Å²) >= 11 is 0. The van der Waals surface area contributed by atoms with Crippen molar-refractivity contribution in [1.29, 1.82) is 0 Å². The summed E-state index contributed by atoms with van der Waals surface area (Å²) in [6, 6.07) is 9.13. The second kappa shape index (κ2) is 7.46. The van der Waals surface area contributed by atoms with Gasteiger partial charge in [-0.25, -0.2) is 0 Å². The van der Waals surface area contributed by atoms with E-state index in [9.17, 15) is 14.4 Å². The highest BCUT2D eigenvalue weighted by atomic mass is 16.5. The Morgan fingerprint density at radius 3 is 2.32 bits per heavy atom. The van der Waals surface area contributed by atoms with Gasteiger partial charge in [-0.2, -0.15) is 0 Å². The predicted octanol–water partition coefficient (Wildman–Crippen LogP) is 1.96. The van der Waals surface area contributed by atoms with Crippen LogP contribution in [0.3, 0.4) is 0 Å². The molecule has 0 aliphatic carbocycles. The topological polar surface area (TPSA) is 60.4 Å². The SMILES string of the molecule is CCC(=O)CC(C(=O)Cc1ccccc1)C(=O)OC. The first kappa shape index (κ1) is 15.1. The van der Waals surface area contributed by atoms with Gasteiger partial charge in [0.2, 0.25) is 0 Å². The number of Topliss-reactive ketones (excluding diaryl/α,β-unsaturated/α-hetero) is 2. The number of carbonyl (C=O) groups excluding carboxylic acids is 3. The van der Waals surface area contributed by atoms with Crippen LogP contribution in [0.25, 0.3) is 0 Å². The third kappa shape index (κ3) is 4.66. The van der Waals surface area contributed by atoms with Crippen LogP contribution in [0.4, 0.5) is 0 Å². The molecule has 0 aliphatic heterocycles. The van der Waals surface area contributed by atoms with Crippen LogP contribution in [0.1, 0.15) is 25.3 Å².